The van der Waals surface area contributed by atoms with Gasteiger partial charge < -0.3 is 5.11 Å². The lowest BCUT2D eigenvalue weighted by atomic mass is 10.3. The molecular weight excluding hydrogens is 290 g/mol. The van der Waals surface area contributed by atoms with E-state index < -0.39 is 10.0 Å². The van der Waals surface area contributed by atoms with Gasteiger partial charge in [0, 0.05) is 26.2 Å². The highest BCUT2D eigenvalue weighted by molar-refractivity contribution is 7.89. The summed E-state index contributed by atoms with van der Waals surface area (Å²) in [7, 11) is -3.50. The summed E-state index contributed by atoms with van der Waals surface area (Å²) in [4.78, 5) is 0.318. The normalized spacial score (nSPS) is 12.3. The third-order valence-corrected chi connectivity index (χ3v) is 5.78. The number of hydrogen-bond donors (Lipinski definition) is 1. The number of unbranched alkanes of at least 4 members (excludes halogenated alkanes) is 1. The Hall–Kier alpha value is -0.920. The first-order chi connectivity index (χ1) is 9.89. The van der Waals surface area contributed by atoms with Crippen LogP contribution in [0, 0.1) is 13.8 Å². The molecule has 21 heavy (non-hydrogen) atoms. The smallest absolute Gasteiger partial charge is 0.246 e. The zero-order chi connectivity index (χ0) is 16.0. The summed E-state index contributed by atoms with van der Waals surface area (Å²) >= 11 is 0. The molecule has 0 amide bonds. The van der Waals surface area contributed by atoms with Crippen molar-refractivity contribution in [1.29, 1.82) is 0 Å². The lowest BCUT2D eigenvalue weighted by molar-refractivity contribution is 0.276. The topological polar surface area (TPSA) is 75.4 Å². The number of nitrogens with zero attached hydrogens (tertiary/aromatic N) is 3. The molecule has 0 saturated carbocycles. The number of hydrogen-bond acceptors (Lipinski definition) is 4. The molecule has 1 aromatic rings. The second kappa shape index (κ2) is 7.91. The van der Waals surface area contributed by atoms with Crippen molar-refractivity contribution in [2.24, 2.45) is 0 Å². The molecule has 0 bridgehead atoms. The molecule has 0 atom stereocenters. The third-order valence-electron chi connectivity index (χ3n) is 3.55. The minimum atomic E-state index is -3.50. The van der Waals surface area contributed by atoms with Crippen molar-refractivity contribution in [2.45, 2.75) is 58.4 Å². The van der Waals surface area contributed by atoms with Crippen molar-refractivity contribution in [1.82, 2.24) is 14.1 Å². The van der Waals surface area contributed by atoms with Crippen LogP contribution in [0.2, 0.25) is 0 Å². The lowest BCUT2D eigenvalue weighted by Crippen LogP contribution is -2.32. The highest BCUT2D eigenvalue weighted by atomic mass is 32.2. The van der Waals surface area contributed by atoms with Crippen LogP contribution in [0.3, 0.4) is 0 Å². The van der Waals surface area contributed by atoms with Crippen LogP contribution in [0.25, 0.3) is 0 Å². The molecule has 0 unspecified atom stereocenters. The molecule has 1 heterocycles. The van der Waals surface area contributed by atoms with Gasteiger partial charge in [-0.3, -0.25) is 4.68 Å². The van der Waals surface area contributed by atoms with E-state index in [1.54, 1.807) is 18.5 Å². The molecule has 6 nitrogen and oxygen atoms in total. The molecule has 0 aliphatic carbocycles. The van der Waals surface area contributed by atoms with Gasteiger partial charge in [0.2, 0.25) is 10.0 Å². The monoisotopic (exact) mass is 317 g/mol. The number of rotatable bonds is 9. The van der Waals surface area contributed by atoms with Crippen molar-refractivity contribution in [3.63, 3.8) is 0 Å². The highest BCUT2D eigenvalue weighted by Crippen LogP contribution is 2.24. The molecule has 0 saturated heterocycles. The van der Waals surface area contributed by atoms with E-state index in [4.69, 9.17) is 5.11 Å². The lowest BCUT2D eigenvalue weighted by Gasteiger charge is -2.20. The number of aryl methyl sites for hydroxylation is 2. The summed E-state index contributed by atoms with van der Waals surface area (Å²) in [6, 6.07) is 0. The second-order valence-electron chi connectivity index (χ2n) is 5.15. The minimum absolute atomic E-state index is 0.0675. The molecule has 1 rings (SSSR count). The van der Waals surface area contributed by atoms with Gasteiger partial charge in [-0.1, -0.05) is 20.3 Å². The first-order valence-electron chi connectivity index (χ1n) is 7.55. The van der Waals surface area contributed by atoms with Gasteiger partial charge >= 0.3 is 0 Å². The van der Waals surface area contributed by atoms with E-state index >= 15 is 0 Å². The molecule has 1 aromatic heterocycles. The molecule has 0 aliphatic heterocycles. The molecule has 0 aromatic carbocycles. The zero-order valence-electron chi connectivity index (χ0n) is 13.5. The molecule has 0 radical (unpaired) electrons. The fourth-order valence-electron chi connectivity index (χ4n) is 2.40. The van der Waals surface area contributed by atoms with Crippen LogP contribution < -0.4 is 0 Å². The fraction of sp³-hybridized carbons (Fsp3) is 0.786. The largest absolute Gasteiger partial charge is 0.396 e. The van der Waals surface area contributed by atoms with Crippen LogP contribution in [-0.4, -0.2) is 47.3 Å². The van der Waals surface area contributed by atoms with Gasteiger partial charge in [0.25, 0.3) is 0 Å². The molecule has 0 spiro atoms. The summed E-state index contributed by atoms with van der Waals surface area (Å²) in [6.45, 7) is 9.00. The summed E-state index contributed by atoms with van der Waals surface area (Å²) < 4.78 is 28.8. The Morgan fingerprint density at radius 2 is 1.90 bits per heavy atom. The van der Waals surface area contributed by atoms with Gasteiger partial charge in [-0.05, 0) is 26.7 Å². The average Bonchev–Trinajstić information content (AvgIpc) is 2.72. The Labute approximate surface area is 127 Å². The van der Waals surface area contributed by atoms with E-state index in [2.05, 4.69) is 5.10 Å². The van der Waals surface area contributed by atoms with E-state index in [0.717, 1.165) is 12.8 Å². The average molecular weight is 317 g/mol. The molecule has 7 heteroatoms. The van der Waals surface area contributed by atoms with E-state index in [-0.39, 0.29) is 6.61 Å². The number of sulfonamides is 1. The van der Waals surface area contributed by atoms with Crippen LogP contribution >= 0.6 is 0 Å². The van der Waals surface area contributed by atoms with E-state index in [1.807, 2.05) is 13.8 Å². The van der Waals surface area contributed by atoms with Gasteiger partial charge in [0.1, 0.15) is 4.90 Å². The molecule has 0 fully saturated rings. The summed E-state index contributed by atoms with van der Waals surface area (Å²) in [6.07, 6.45) is 2.37. The van der Waals surface area contributed by atoms with Gasteiger partial charge in [0.15, 0.2) is 0 Å². The highest BCUT2D eigenvalue weighted by Gasteiger charge is 2.29. The molecule has 122 valence electrons. The first kappa shape index (κ1) is 18.1. The Bertz CT molecular complexity index is 552. The van der Waals surface area contributed by atoms with Crippen LogP contribution in [0.5, 0.6) is 0 Å². The van der Waals surface area contributed by atoms with E-state index in [9.17, 15) is 8.42 Å². The van der Waals surface area contributed by atoms with Crippen LogP contribution in [0.1, 0.15) is 44.5 Å². The first-order valence-corrected chi connectivity index (χ1v) is 8.99. The van der Waals surface area contributed by atoms with Crippen LogP contribution in [-0.2, 0) is 16.6 Å². The Balaban J connectivity index is 3.15. The quantitative estimate of drug-likeness (QED) is 0.752. The van der Waals surface area contributed by atoms with Crippen molar-refractivity contribution < 1.29 is 13.5 Å². The number of aliphatic hydroxyl groups excluding tert-OH is 1. The van der Waals surface area contributed by atoms with Crippen molar-refractivity contribution in [2.75, 3.05) is 19.7 Å². The predicted molar refractivity (Wildman–Crippen MR) is 82.7 cm³/mol. The van der Waals surface area contributed by atoms with E-state index in [1.165, 1.54) is 4.31 Å². The summed E-state index contributed by atoms with van der Waals surface area (Å²) in [5.74, 6) is 0. The van der Waals surface area contributed by atoms with Gasteiger partial charge in [-0.15, -0.1) is 0 Å². The standard InChI is InChI=1S/C14H27N3O3S/c1-5-7-9-16(6-2)21(19,20)14-12(3)15-17(13(14)4)10-8-11-18/h18H,5-11H2,1-4H3. The maximum atomic E-state index is 12.8. The van der Waals surface area contributed by atoms with Crippen molar-refractivity contribution in [3.8, 4) is 0 Å². The number of aliphatic hydroxyl groups is 1. The maximum Gasteiger partial charge on any atom is 0.246 e. The SMILES string of the molecule is CCCCN(CC)S(=O)(=O)c1c(C)nn(CCCO)c1C. The summed E-state index contributed by atoms with van der Waals surface area (Å²) in [5, 5.41) is 13.2. The predicted octanol–water partition coefficient (Wildman–Crippen LogP) is 1.69. The van der Waals surface area contributed by atoms with Gasteiger partial charge in [0.05, 0.1) is 11.4 Å². The second-order valence-corrected chi connectivity index (χ2v) is 7.03. The zero-order valence-corrected chi connectivity index (χ0v) is 14.3. The van der Waals surface area contributed by atoms with Crippen molar-refractivity contribution in [3.05, 3.63) is 11.4 Å². The molecule has 1 N–H and O–H groups in total. The van der Waals surface area contributed by atoms with Gasteiger partial charge in [-0.2, -0.15) is 9.40 Å². The minimum Gasteiger partial charge on any atom is -0.396 e. The molecular formula is C14H27N3O3S. The maximum absolute atomic E-state index is 12.8. The summed E-state index contributed by atoms with van der Waals surface area (Å²) in [5.41, 5.74) is 1.18. The fourth-order valence-corrected chi connectivity index (χ4v) is 4.26. The Morgan fingerprint density at radius 3 is 2.43 bits per heavy atom. The Morgan fingerprint density at radius 1 is 1.24 bits per heavy atom. The third kappa shape index (κ3) is 4.05. The Kier molecular flexibility index (Phi) is 6.83. The van der Waals surface area contributed by atoms with E-state index in [0.29, 0.717) is 42.3 Å². The van der Waals surface area contributed by atoms with Crippen LogP contribution in [0.15, 0.2) is 4.90 Å². The van der Waals surface area contributed by atoms with Gasteiger partial charge in [-0.25, -0.2) is 8.42 Å². The van der Waals surface area contributed by atoms with Crippen molar-refractivity contribution >= 4 is 10.0 Å². The number of aromatic nitrogens is 2. The van der Waals surface area contributed by atoms with Crippen LogP contribution in [0.4, 0.5) is 0 Å². The molecule has 0 aliphatic rings.